The molecule has 0 heterocycles. The molecule has 0 bridgehead atoms. The van der Waals surface area contributed by atoms with Crippen molar-refractivity contribution in [2.45, 2.75) is 78.6 Å². The molecule has 1 rings (SSSR count). The zero-order valence-electron chi connectivity index (χ0n) is 20.9. The summed E-state index contributed by atoms with van der Waals surface area (Å²) in [5.41, 5.74) is 6.58. The fourth-order valence-corrected chi connectivity index (χ4v) is 3.29. The number of nitrogens with two attached hydrogens (primary N) is 1. The summed E-state index contributed by atoms with van der Waals surface area (Å²) in [6, 6.07) is 4.51. The van der Waals surface area contributed by atoms with Crippen molar-refractivity contribution < 1.29 is 23.9 Å². The number of hydrogen-bond acceptors (Lipinski definition) is 6. The highest BCUT2D eigenvalue weighted by Gasteiger charge is 2.37. The lowest BCUT2D eigenvalue weighted by Crippen LogP contribution is -2.54. The van der Waals surface area contributed by atoms with Gasteiger partial charge in [-0.25, -0.2) is 4.79 Å². The van der Waals surface area contributed by atoms with Gasteiger partial charge in [0.15, 0.2) is 0 Å². The third-order valence-electron chi connectivity index (χ3n) is 4.64. The SMILES string of the molecule is Cc1ccc(C)c(C(C(=O)NC(C)C)N(CC#N)C(=O)C(CC(N)=O)NC(=O)OC(C)(C)C)c1. The fraction of sp³-hybridized carbons (Fsp3) is 0.542. The van der Waals surface area contributed by atoms with E-state index in [1.54, 1.807) is 47.6 Å². The maximum atomic E-state index is 13.6. The molecule has 1 aromatic rings. The molecule has 0 radical (unpaired) electrons. The lowest BCUT2D eigenvalue weighted by atomic mass is 9.95. The van der Waals surface area contributed by atoms with Crippen molar-refractivity contribution in [3.8, 4) is 6.07 Å². The number of benzene rings is 1. The van der Waals surface area contributed by atoms with Crippen molar-refractivity contribution in [3.63, 3.8) is 0 Å². The Labute approximate surface area is 200 Å². The number of hydrogen-bond donors (Lipinski definition) is 3. The van der Waals surface area contributed by atoms with E-state index in [2.05, 4.69) is 10.6 Å². The molecule has 4 N–H and O–H groups in total. The number of nitrogens with zero attached hydrogens (tertiary/aromatic N) is 2. The van der Waals surface area contributed by atoms with Crippen LogP contribution in [0.15, 0.2) is 18.2 Å². The van der Waals surface area contributed by atoms with Gasteiger partial charge in [0.1, 0.15) is 24.2 Å². The molecule has 186 valence electrons. The minimum Gasteiger partial charge on any atom is -0.444 e. The molecular formula is C24H35N5O5. The Morgan fingerprint density at radius 3 is 2.26 bits per heavy atom. The maximum absolute atomic E-state index is 13.6. The van der Waals surface area contributed by atoms with Crippen molar-refractivity contribution in [2.24, 2.45) is 5.73 Å². The van der Waals surface area contributed by atoms with Crippen LogP contribution in [0.4, 0.5) is 4.79 Å². The van der Waals surface area contributed by atoms with Crippen LogP contribution in [0.25, 0.3) is 0 Å². The number of amides is 4. The summed E-state index contributed by atoms with van der Waals surface area (Å²) in [6.45, 7) is 11.7. The van der Waals surface area contributed by atoms with E-state index in [1.165, 1.54) is 0 Å². The van der Waals surface area contributed by atoms with Crippen molar-refractivity contribution >= 4 is 23.8 Å². The summed E-state index contributed by atoms with van der Waals surface area (Å²) in [6.07, 6.45) is -1.47. The van der Waals surface area contributed by atoms with Crippen LogP contribution >= 0.6 is 0 Å². The van der Waals surface area contributed by atoms with Crippen LogP contribution in [-0.4, -0.2) is 52.9 Å². The second-order valence-corrected chi connectivity index (χ2v) is 9.42. The van der Waals surface area contributed by atoms with Gasteiger partial charge in [0.2, 0.25) is 17.7 Å². The molecule has 2 unspecified atom stereocenters. The summed E-state index contributed by atoms with van der Waals surface area (Å²) in [4.78, 5) is 52.0. The number of aryl methyl sites for hydroxylation is 2. The molecule has 34 heavy (non-hydrogen) atoms. The topological polar surface area (TPSA) is 155 Å². The molecule has 0 aliphatic rings. The van der Waals surface area contributed by atoms with Crippen LogP contribution in [0.1, 0.15) is 63.8 Å². The average Bonchev–Trinajstić information content (AvgIpc) is 2.66. The molecule has 0 fully saturated rings. The van der Waals surface area contributed by atoms with Gasteiger partial charge in [-0.2, -0.15) is 5.26 Å². The number of nitriles is 1. The second-order valence-electron chi connectivity index (χ2n) is 9.42. The van der Waals surface area contributed by atoms with E-state index >= 15 is 0 Å². The van der Waals surface area contributed by atoms with Gasteiger partial charge in [-0.15, -0.1) is 0 Å². The van der Waals surface area contributed by atoms with E-state index in [4.69, 9.17) is 10.5 Å². The Kier molecular flexibility index (Phi) is 10.0. The highest BCUT2D eigenvalue weighted by Crippen LogP contribution is 2.27. The van der Waals surface area contributed by atoms with Gasteiger partial charge >= 0.3 is 6.09 Å². The van der Waals surface area contributed by atoms with E-state index in [0.29, 0.717) is 5.56 Å². The van der Waals surface area contributed by atoms with Crippen LogP contribution in [0, 0.1) is 25.2 Å². The van der Waals surface area contributed by atoms with Gasteiger partial charge in [0, 0.05) is 6.04 Å². The summed E-state index contributed by atoms with van der Waals surface area (Å²) < 4.78 is 5.20. The van der Waals surface area contributed by atoms with Crippen molar-refractivity contribution in [2.75, 3.05) is 6.54 Å². The smallest absolute Gasteiger partial charge is 0.408 e. The molecule has 0 aliphatic heterocycles. The van der Waals surface area contributed by atoms with E-state index in [0.717, 1.165) is 16.0 Å². The van der Waals surface area contributed by atoms with Crippen LogP contribution in [-0.2, 0) is 19.1 Å². The van der Waals surface area contributed by atoms with E-state index in [1.807, 2.05) is 25.1 Å². The minimum atomic E-state index is -1.43. The van der Waals surface area contributed by atoms with E-state index in [9.17, 15) is 24.4 Å². The molecule has 0 saturated carbocycles. The minimum absolute atomic E-state index is 0.236. The normalized spacial score (nSPS) is 12.8. The third kappa shape index (κ3) is 8.73. The molecule has 2 atom stereocenters. The van der Waals surface area contributed by atoms with E-state index in [-0.39, 0.29) is 6.04 Å². The molecular weight excluding hydrogens is 438 g/mol. The highest BCUT2D eigenvalue weighted by molar-refractivity contribution is 5.94. The van der Waals surface area contributed by atoms with Gasteiger partial charge in [-0.3, -0.25) is 14.4 Å². The predicted molar refractivity (Wildman–Crippen MR) is 126 cm³/mol. The quantitative estimate of drug-likeness (QED) is 0.466. The molecule has 0 spiro atoms. The third-order valence-corrected chi connectivity index (χ3v) is 4.64. The van der Waals surface area contributed by atoms with Crippen LogP contribution in [0.2, 0.25) is 0 Å². The Bertz CT molecular complexity index is 961. The number of ether oxygens (including phenoxy) is 1. The zero-order valence-corrected chi connectivity index (χ0v) is 20.9. The molecule has 1 aromatic carbocycles. The molecule has 0 saturated heterocycles. The van der Waals surface area contributed by atoms with Crippen molar-refractivity contribution in [1.82, 2.24) is 15.5 Å². The number of nitrogens with one attached hydrogen (secondary N) is 2. The monoisotopic (exact) mass is 473 g/mol. The summed E-state index contributed by atoms with van der Waals surface area (Å²) in [5, 5.41) is 14.6. The number of rotatable bonds is 9. The zero-order chi connectivity index (χ0) is 26.2. The molecule has 10 nitrogen and oxygen atoms in total. The molecule has 4 amide bonds. The standard InChI is InChI=1S/C24H35N5O5/c1-14(2)27-21(31)20(17-12-15(3)8-9-16(17)4)29(11-10-25)22(32)18(13-19(26)30)28-23(33)34-24(5,6)7/h8-9,12,14,18,20H,11,13H2,1-7H3,(H2,26,30)(H,27,31)(H,28,33). The number of alkyl carbamates (subject to hydrolysis) is 1. The molecule has 10 heteroatoms. The first kappa shape index (κ1) is 28.4. The second kappa shape index (κ2) is 12.0. The maximum Gasteiger partial charge on any atom is 0.408 e. The highest BCUT2D eigenvalue weighted by atomic mass is 16.6. The first-order valence-electron chi connectivity index (χ1n) is 11.0. The molecule has 0 aromatic heterocycles. The lowest BCUT2D eigenvalue weighted by Gasteiger charge is -2.33. The van der Waals surface area contributed by atoms with Crippen LogP contribution < -0.4 is 16.4 Å². The van der Waals surface area contributed by atoms with Gasteiger partial charge in [-0.1, -0.05) is 23.8 Å². The van der Waals surface area contributed by atoms with Crippen molar-refractivity contribution in [1.29, 1.82) is 5.26 Å². The van der Waals surface area contributed by atoms with Crippen molar-refractivity contribution in [3.05, 3.63) is 34.9 Å². The Morgan fingerprint density at radius 2 is 1.76 bits per heavy atom. The van der Waals surface area contributed by atoms with Gasteiger partial charge in [0.25, 0.3) is 0 Å². The van der Waals surface area contributed by atoms with Gasteiger partial charge in [0.05, 0.1) is 12.5 Å². The number of primary amides is 1. The largest absolute Gasteiger partial charge is 0.444 e. The first-order chi connectivity index (χ1) is 15.7. The predicted octanol–water partition coefficient (Wildman–Crippen LogP) is 1.99. The first-order valence-corrected chi connectivity index (χ1v) is 11.0. The summed E-state index contributed by atoms with van der Waals surface area (Å²) in [5.74, 6) is -2.15. The average molecular weight is 474 g/mol. The van der Waals surface area contributed by atoms with Gasteiger partial charge in [-0.05, 0) is 59.6 Å². The van der Waals surface area contributed by atoms with Gasteiger partial charge < -0.3 is 26.0 Å². The number of carbonyl (C=O) groups excluding carboxylic acids is 4. The Hall–Kier alpha value is -3.61. The summed E-state index contributed by atoms with van der Waals surface area (Å²) in [7, 11) is 0. The molecule has 0 aliphatic carbocycles. The Balaban J connectivity index is 3.53. The summed E-state index contributed by atoms with van der Waals surface area (Å²) >= 11 is 0. The van der Waals surface area contributed by atoms with Crippen LogP contribution in [0.3, 0.4) is 0 Å². The number of carbonyl (C=O) groups is 4. The lowest BCUT2D eigenvalue weighted by molar-refractivity contribution is -0.142. The van der Waals surface area contributed by atoms with Crippen LogP contribution in [0.5, 0.6) is 0 Å². The fourth-order valence-electron chi connectivity index (χ4n) is 3.29. The van der Waals surface area contributed by atoms with E-state index < -0.39 is 54.5 Å². The Morgan fingerprint density at radius 1 is 1.15 bits per heavy atom.